The van der Waals surface area contributed by atoms with Crippen LogP contribution < -0.4 is 4.90 Å². The molecule has 1 aliphatic heterocycles. The van der Waals surface area contributed by atoms with E-state index in [9.17, 15) is 9.18 Å². The zero-order chi connectivity index (χ0) is 13.0. The van der Waals surface area contributed by atoms with Crippen LogP contribution in [0, 0.1) is 11.2 Å². The fourth-order valence-electron chi connectivity index (χ4n) is 2.41. The molecule has 0 saturated carbocycles. The minimum Gasteiger partial charge on any atom is -0.381 e. The van der Waals surface area contributed by atoms with Crippen LogP contribution in [0.1, 0.15) is 12.8 Å². The average Bonchev–Trinajstić information content (AvgIpc) is 2.40. The highest BCUT2D eigenvalue weighted by Gasteiger charge is 2.34. The fraction of sp³-hybridized carbons (Fsp3) is 0.500. The van der Waals surface area contributed by atoms with E-state index in [1.165, 1.54) is 6.07 Å². The standard InChI is InChI=1S/C14H18FNO2/c1-16(13-5-3-2-4-12(13)15)10-14(11-17)6-8-18-9-7-14/h2-5,11H,6-10H2,1H3. The van der Waals surface area contributed by atoms with Crippen molar-refractivity contribution in [1.82, 2.24) is 0 Å². The number of carbonyl (C=O) groups excluding carboxylic acids is 1. The summed E-state index contributed by atoms with van der Waals surface area (Å²) in [6, 6.07) is 6.62. The van der Waals surface area contributed by atoms with Crippen molar-refractivity contribution in [1.29, 1.82) is 0 Å². The highest BCUT2D eigenvalue weighted by Crippen LogP contribution is 2.31. The van der Waals surface area contributed by atoms with E-state index in [1.54, 1.807) is 18.2 Å². The predicted molar refractivity (Wildman–Crippen MR) is 68.2 cm³/mol. The summed E-state index contributed by atoms with van der Waals surface area (Å²) < 4.78 is 19.0. The smallest absolute Gasteiger partial charge is 0.146 e. The summed E-state index contributed by atoms with van der Waals surface area (Å²) in [6.45, 7) is 1.73. The molecule has 1 saturated heterocycles. The van der Waals surface area contributed by atoms with Crippen molar-refractivity contribution in [2.24, 2.45) is 5.41 Å². The molecule has 0 aliphatic carbocycles. The summed E-state index contributed by atoms with van der Waals surface area (Å²) in [5.74, 6) is -0.256. The number of ether oxygens (including phenoxy) is 1. The Kier molecular flexibility index (Phi) is 3.97. The van der Waals surface area contributed by atoms with Crippen LogP contribution in [0.5, 0.6) is 0 Å². The van der Waals surface area contributed by atoms with E-state index < -0.39 is 5.41 Å². The van der Waals surface area contributed by atoms with Gasteiger partial charge in [-0.15, -0.1) is 0 Å². The molecule has 4 heteroatoms. The maximum absolute atomic E-state index is 13.7. The molecule has 0 radical (unpaired) electrons. The highest BCUT2D eigenvalue weighted by molar-refractivity contribution is 5.62. The number of rotatable bonds is 4. The summed E-state index contributed by atoms with van der Waals surface area (Å²) in [5, 5.41) is 0. The van der Waals surface area contributed by atoms with Crippen molar-refractivity contribution in [3.63, 3.8) is 0 Å². The van der Waals surface area contributed by atoms with Gasteiger partial charge in [-0.2, -0.15) is 0 Å². The van der Waals surface area contributed by atoms with E-state index in [4.69, 9.17) is 4.74 Å². The summed E-state index contributed by atoms with van der Waals surface area (Å²) in [6.07, 6.45) is 2.41. The van der Waals surface area contributed by atoms with Gasteiger partial charge in [0.05, 0.1) is 5.69 Å². The first kappa shape index (κ1) is 13.0. The number of hydrogen-bond acceptors (Lipinski definition) is 3. The van der Waals surface area contributed by atoms with Gasteiger partial charge in [0.15, 0.2) is 0 Å². The van der Waals surface area contributed by atoms with Gasteiger partial charge in [-0.3, -0.25) is 0 Å². The number of carbonyl (C=O) groups is 1. The van der Waals surface area contributed by atoms with Crippen LogP contribution in [-0.4, -0.2) is 33.1 Å². The van der Waals surface area contributed by atoms with Gasteiger partial charge in [-0.05, 0) is 25.0 Å². The van der Waals surface area contributed by atoms with E-state index in [1.807, 2.05) is 11.9 Å². The molecule has 18 heavy (non-hydrogen) atoms. The Hall–Kier alpha value is -1.42. The van der Waals surface area contributed by atoms with Crippen LogP contribution >= 0.6 is 0 Å². The molecule has 0 atom stereocenters. The first-order chi connectivity index (χ1) is 8.67. The number of hydrogen-bond donors (Lipinski definition) is 0. The van der Waals surface area contributed by atoms with Crippen molar-refractivity contribution in [2.45, 2.75) is 12.8 Å². The minimum absolute atomic E-state index is 0.256. The molecule has 0 amide bonds. The Bertz CT molecular complexity index is 416. The van der Waals surface area contributed by atoms with Crippen LogP contribution in [0.15, 0.2) is 24.3 Å². The number of para-hydroxylation sites is 1. The first-order valence-corrected chi connectivity index (χ1v) is 6.17. The largest absolute Gasteiger partial charge is 0.381 e. The van der Waals surface area contributed by atoms with Gasteiger partial charge in [0.2, 0.25) is 0 Å². The maximum Gasteiger partial charge on any atom is 0.146 e. The molecule has 0 N–H and O–H groups in total. The van der Waals surface area contributed by atoms with Gasteiger partial charge >= 0.3 is 0 Å². The van der Waals surface area contributed by atoms with E-state index in [2.05, 4.69) is 0 Å². The molecular formula is C14H18FNO2. The molecular weight excluding hydrogens is 233 g/mol. The summed E-state index contributed by atoms with van der Waals surface area (Å²) in [5.41, 5.74) is 0.125. The van der Waals surface area contributed by atoms with Crippen molar-refractivity contribution in [2.75, 3.05) is 31.7 Å². The Morgan fingerprint density at radius 2 is 2.06 bits per heavy atom. The zero-order valence-corrected chi connectivity index (χ0v) is 10.6. The normalized spacial score (nSPS) is 18.3. The maximum atomic E-state index is 13.7. The van der Waals surface area contributed by atoms with Crippen LogP contribution in [0.2, 0.25) is 0 Å². The van der Waals surface area contributed by atoms with Gasteiger partial charge in [0.1, 0.15) is 12.1 Å². The third kappa shape index (κ3) is 2.70. The lowest BCUT2D eigenvalue weighted by molar-refractivity contribution is -0.120. The minimum atomic E-state index is -0.407. The molecule has 98 valence electrons. The topological polar surface area (TPSA) is 29.5 Å². The van der Waals surface area contributed by atoms with E-state index >= 15 is 0 Å². The van der Waals surface area contributed by atoms with Crippen molar-refractivity contribution in [3.8, 4) is 0 Å². The zero-order valence-electron chi connectivity index (χ0n) is 10.6. The molecule has 3 nitrogen and oxygen atoms in total. The summed E-state index contributed by atoms with van der Waals surface area (Å²) >= 11 is 0. The van der Waals surface area contributed by atoms with E-state index in [0.29, 0.717) is 38.3 Å². The molecule has 0 aromatic heterocycles. The van der Waals surface area contributed by atoms with Crippen molar-refractivity contribution in [3.05, 3.63) is 30.1 Å². The molecule has 0 spiro atoms. The number of anilines is 1. The van der Waals surface area contributed by atoms with Gasteiger partial charge in [0, 0.05) is 32.2 Å². The lowest BCUT2D eigenvalue weighted by Gasteiger charge is -2.36. The second kappa shape index (κ2) is 5.48. The molecule has 1 aliphatic rings. The van der Waals surface area contributed by atoms with Gasteiger partial charge in [-0.25, -0.2) is 4.39 Å². The van der Waals surface area contributed by atoms with Crippen LogP contribution in [0.4, 0.5) is 10.1 Å². The third-order valence-corrected chi connectivity index (χ3v) is 3.55. The first-order valence-electron chi connectivity index (χ1n) is 6.17. The monoisotopic (exact) mass is 251 g/mol. The van der Waals surface area contributed by atoms with Gasteiger partial charge in [-0.1, -0.05) is 12.1 Å². The Morgan fingerprint density at radius 1 is 1.39 bits per heavy atom. The molecule has 1 heterocycles. The van der Waals surface area contributed by atoms with Crippen LogP contribution in [0.25, 0.3) is 0 Å². The average molecular weight is 251 g/mol. The number of halogens is 1. The third-order valence-electron chi connectivity index (χ3n) is 3.55. The van der Waals surface area contributed by atoms with E-state index in [-0.39, 0.29) is 5.82 Å². The number of aldehydes is 1. The molecule has 1 aromatic rings. The van der Waals surface area contributed by atoms with Crippen LogP contribution in [0.3, 0.4) is 0 Å². The van der Waals surface area contributed by atoms with E-state index in [0.717, 1.165) is 6.29 Å². The molecule has 1 fully saturated rings. The molecule has 2 rings (SSSR count). The lowest BCUT2D eigenvalue weighted by atomic mass is 9.81. The second-order valence-corrected chi connectivity index (χ2v) is 4.90. The highest BCUT2D eigenvalue weighted by atomic mass is 19.1. The molecule has 0 unspecified atom stereocenters. The number of nitrogens with zero attached hydrogens (tertiary/aromatic N) is 1. The summed E-state index contributed by atoms with van der Waals surface area (Å²) in [7, 11) is 1.82. The number of benzene rings is 1. The Morgan fingerprint density at radius 3 is 2.67 bits per heavy atom. The Balaban J connectivity index is 2.12. The summed E-state index contributed by atoms with van der Waals surface area (Å²) in [4.78, 5) is 13.2. The SMILES string of the molecule is CN(CC1(C=O)CCOCC1)c1ccccc1F. The lowest BCUT2D eigenvalue weighted by Crippen LogP contribution is -2.41. The molecule has 0 bridgehead atoms. The van der Waals surface area contributed by atoms with Crippen molar-refractivity contribution >= 4 is 12.0 Å². The predicted octanol–water partition coefficient (Wildman–Crippen LogP) is 2.26. The molecule has 1 aromatic carbocycles. The second-order valence-electron chi connectivity index (χ2n) is 4.90. The Labute approximate surface area is 107 Å². The van der Waals surface area contributed by atoms with Crippen LogP contribution in [-0.2, 0) is 9.53 Å². The quantitative estimate of drug-likeness (QED) is 0.769. The fourth-order valence-corrected chi connectivity index (χ4v) is 2.41. The van der Waals surface area contributed by atoms with Gasteiger partial charge < -0.3 is 14.4 Å². The van der Waals surface area contributed by atoms with Crippen molar-refractivity contribution < 1.29 is 13.9 Å². The van der Waals surface area contributed by atoms with Gasteiger partial charge in [0.25, 0.3) is 0 Å².